The van der Waals surface area contributed by atoms with Crippen LogP contribution in [0.1, 0.15) is 0 Å². The van der Waals surface area contributed by atoms with Gasteiger partial charge < -0.3 is 4.42 Å². The summed E-state index contributed by atoms with van der Waals surface area (Å²) in [7, 11) is -7.09. The van der Waals surface area contributed by atoms with Gasteiger partial charge in [0.25, 0.3) is 0 Å². The lowest BCUT2D eigenvalue weighted by Gasteiger charge is -2.32. The topological polar surface area (TPSA) is 121 Å². The van der Waals surface area contributed by atoms with E-state index in [0.29, 0.717) is 5.52 Å². The van der Waals surface area contributed by atoms with E-state index in [9.17, 15) is 21.6 Å². The minimum Gasteiger partial charge on any atom is -0.408 e. The highest BCUT2D eigenvalue weighted by atomic mass is 32.2. The molecule has 1 aliphatic rings. The Bertz CT molecular complexity index is 997. The number of nitrogens with one attached hydrogen (secondary N) is 1. The van der Waals surface area contributed by atoms with Crippen molar-refractivity contribution in [1.29, 1.82) is 0 Å². The van der Waals surface area contributed by atoms with Crippen LogP contribution in [-0.4, -0.2) is 62.9 Å². The smallest absolute Gasteiger partial charge is 0.408 e. The second-order valence-corrected chi connectivity index (χ2v) is 9.16. The Labute approximate surface area is 132 Å². The van der Waals surface area contributed by atoms with Gasteiger partial charge in [0.2, 0.25) is 20.0 Å². The largest absolute Gasteiger partial charge is 0.417 e. The fourth-order valence-corrected chi connectivity index (χ4v) is 4.76. The van der Waals surface area contributed by atoms with Gasteiger partial charge >= 0.3 is 5.76 Å². The maximum Gasteiger partial charge on any atom is 0.417 e. The lowest BCUT2D eigenvalue weighted by atomic mass is 10.3. The van der Waals surface area contributed by atoms with E-state index in [-0.39, 0.29) is 36.7 Å². The van der Waals surface area contributed by atoms with E-state index >= 15 is 0 Å². The predicted octanol–water partition coefficient (Wildman–Crippen LogP) is -0.613. The summed E-state index contributed by atoms with van der Waals surface area (Å²) in [5.74, 6) is -0.656. The molecule has 0 spiro atoms. The first-order valence-electron chi connectivity index (χ1n) is 6.76. The van der Waals surface area contributed by atoms with Crippen molar-refractivity contribution >= 4 is 31.1 Å². The fraction of sp³-hybridized carbons (Fsp3) is 0.417. The van der Waals surface area contributed by atoms with Crippen molar-refractivity contribution in [3.8, 4) is 0 Å². The van der Waals surface area contributed by atoms with Gasteiger partial charge in [-0.25, -0.2) is 21.6 Å². The van der Waals surface area contributed by atoms with Crippen molar-refractivity contribution in [3.05, 3.63) is 28.7 Å². The first-order valence-corrected chi connectivity index (χ1v) is 10.0. The zero-order valence-corrected chi connectivity index (χ0v) is 13.9. The summed E-state index contributed by atoms with van der Waals surface area (Å²) in [4.78, 5) is 13.6. The molecular weight excluding hydrogens is 346 g/mol. The predicted molar refractivity (Wildman–Crippen MR) is 82.0 cm³/mol. The minimum atomic E-state index is -3.77. The Morgan fingerprint density at radius 2 is 1.65 bits per heavy atom. The van der Waals surface area contributed by atoms with Gasteiger partial charge in [-0.15, -0.1) is 0 Å². The molecule has 126 valence electrons. The van der Waals surface area contributed by atoms with E-state index in [0.717, 1.165) is 6.26 Å². The van der Waals surface area contributed by atoms with Crippen LogP contribution in [0, 0.1) is 0 Å². The fourth-order valence-electron chi connectivity index (χ4n) is 2.48. The van der Waals surface area contributed by atoms with Crippen LogP contribution in [0.3, 0.4) is 0 Å². The molecular formula is C12H15N3O6S2. The molecule has 0 aliphatic carbocycles. The van der Waals surface area contributed by atoms with Crippen molar-refractivity contribution in [2.75, 3.05) is 32.4 Å². The Kier molecular flexibility index (Phi) is 3.83. The molecule has 0 radical (unpaired) electrons. The summed E-state index contributed by atoms with van der Waals surface area (Å²) in [6.45, 7) is 0.385. The van der Waals surface area contributed by atoms with E-state index in [4.69, 9.17) is 4.42 Å². The van der Waals surface area contributed by atoms with E-state index in [1.807, 2.05) is 0 Å². The van der Waals surface area contributed by atoms with Crippen molar-refractivity contribution in [3.63, 3.8) is 0 Å². The number of fused-ring (bicyclic) bond motifs is 1. The summed E-state index contributed by atoms with van der Waals surface area (Å²) in [5.41, 5.74) is 0.571. The zero-order valence-electron chi connectivity index (χ0n) is 12.2. The second-order valence-electron chi connectivity index (χ2n) is 5.24. The van der Waals surface area contributed by atoms with Gasteiger partial charge in [-0.2, -0.15) is 8.61 Å². The van der Waals surface area contributed by atoms with E-state index in [2.05, 4.69) is 4.98 Å². The maximum atomic E-state index is 12.6. The zero-order chi connectivity index (χ0) is 16.8. The van der Waals surface area contributed by atoms with Gasteiger partial charge in [0, 0.05) is 26.2 Å². The molecule has 1 aromatic carbocycles. The number of H-pyrrole nitrogens is 1. The molecule has 1 fully saturated rings. The van der Waals surface area contributed by atoms with Gasteiger partial charge in [-0.3, -0.25) is 4.98 Å². The molecule has 0 unspecified atom stereocenters. The first-order chi connectivity index (χ1) is 10.7. The molecule has 2 heterocycles. The number of hydrogen-bond donors (Lipinski definition) is 1. The van der Waals surface area contributed by atoms with Gasteiger partial charge in [-0.1, -0.05) is 0 Å². The molecule has 0 saturated carbocycles. The van der Waals surface area contributed by atoms with E-state index < -0.39 is 25.8 Å². The Balaban J connectivity index is 1.87. The quantitative estimate of drug-likeness (QED) is 0.778. The molecule has 2 aromatic rings. The SMILES string of the molecule is CS(=O)(=O)N1CCN(S(=O)(=O)c2ccc3oc(=O)[nH]c3c2)CC1. The van der Waals surface area contributed by atoms with E-state index in [1.54, 1.807) is 0 Å². The van der Waals surface area contributed by atoms with Crippen molar-refractivity contribution in [1.82, 2.24) is 13.6 Å². The number of nitrogens with zero attached hydrogens (tertiary/aromatic N) is 2. The molecule has 23 heavy (non-hydrogen) atoms. The number of sulfonamides is 2. The molecule has 1 saturated heterocycles. The van der Waals surface area contributed by atoms with Crippen LogP contribution in [0.2, 0.25) is 0 Å². The van der Waals surface area contributed by atoms with Gasteiger partial charge in [0.15, 0.2) is 5.58 Å². The second kappa shape index (κ2) is 5.44. The normalized spacial score (nSPS) is 18.5. The summed E-state index contributed by atoms with van der Waals surface area (Å²) in [6.07, 6.45) is 1.10. The summed E-state index contributed by atoms with van der Waals surface area (Å²) >= 11 is 0. The van der Waals surface area contributed by atoms with Gasteiger partial charge in [-0.05, 0) is 18.2 Å². The molecule has 9 nitrogen and oxygen atoms in total. The third-order valence-corrected chi connectivity index (χ3v) is 6.89. The van der Waals surface area contributed by atoms with Crippen LogP contribution in [0.4, 0.5) is 0 Å². The van der Waals surface area contributed by atoms with Crippen LogP contribution in [-0.2, 0) is 20.0 Å². The van der Waals surface area contributed by atoms with Gasteiger partial charge in [0.1, 0.15) is 0 Å². The molecule has 3 rings (SSSR count). The average molecular weight is 361 g/mol. The monoisotopic (exact) mass is 361 g/mol. The van der Waals surface area contributed by atoms with Crippen molar-refractivity contribution in [2.45, 2.75) is 4.90 Å². The molecule has 1 aromatic heterocycles. The Morgan fingerprint density at radius 3 is 2.26 bits per heavy atom. The summed E-state index contributed by atoms with van der Waals surface area (Å²) < 4.78 is 55.5. The van der Waals surface area contributed by atoms with Crippen LogP contribution < -0.4 is 5.76 Å². The maximum absolute atomic E-state index is 12.6. The highest BCUT2D eigenvalue weighted by Gasteiger charge is 2.31. The van der Waals surface area contributed by atoms with E-state index in [1.165, 1.54) is 26.8 Å². The van der Waals surface area contributed by atoms with Crippen molar-refractivity contribution < 1.29 is 21.3 Å². The number of piperazine rings is 1. The lowest BCUT2D eigenvalue weighted by Crippen LogP contribution is -2.50. The van der Waals surface area contributed by atoms with Crippen LogP contribution in [0.5, 0.6) is 0 Å². The standard InChI is InChI=1S/C12H15N3O6S2/c1-22(17,18)14-4-6-15(7-5-14)23(19,20)9-2-3-11-10(8-9)13-12(16)21-11/h2-3,8H,4-7H2,1H3,(H,13,16). The summed E-state index contributed by atoms with van der Waals surface area (Å²) in [5, 5.41) is 0. The molecule has 0 amide bonds. The minimum absolute atomic E-state index is 0.0230. The average Bonchev–Trinajstić information content (AvgIpc) is 2.85. The van der Waals surface area contributed by atoms with Crippen LogP contribution in [0.25, 0.3) is 11.1 Å². The number of aromatic amines is 1. The molecule has 11 heteroatoms. The summed E-state index contributed by atoms with van der Waals surface area (Å²) in [6, 6.07) is 4.10. The molecule has 1 N–H and O–H groups in total. The molecule has 1 aliphatic heterocycles. The van der Waals surface area contributed by atoms with Crippen LogP contribution >= 0.6 is 0 Å². The first kappa shape index (κ1) is 16.2. The number of oxazole rings is 1. The number of rotatable bonds is 3. The third-order valence-electron chi connectivity index (χ3n) is 3.69. The lowest BCUT2D eigenvalue weighted by molar-refractivity contribution is 0.274. The highest BCUT2D eigenvalue weighted by molar-refractivity contribution is 7.89. The number of aromatic nitrogens is 1. The van der Waals surface area contributed by atoms with Gasteiger partial charge in [0.05, 0.1) is 16.7 Å². The van der Waals surface area contributed by atoms with Crippen molar-refractivity contribution in [2.24, 2.45) is 0 Å². The molecule has 0 atom stereocenters. The molecule has 0 bridgehead atoms. The third kappa shape index (κ3) is 3.04. The van der Waals surface area contributed by atoms with Crippen LogP contribution in [0.15, 0.2) is 32.3 Å². The highest BCUT2D eigenvalue weighted by Crippen LogP contribution is 2.21. The Morgan fingerprint density at radius 1 is 1.04 bits per heavy atom. The number of hydrogen-bond acceptors (Lipinski definition) is 6. The number of benzene rings is 1. The Hall–Kier alpha value is -1.69.